The molecule has 0 aliphatic carbocycles. The molecule has 0 spiro atoms. The molecule has 1 heterocycles. The Bertz CT molecular complexity index is 271. The summed E-state index contributed by atoms with van der Waals surface area (Å²) >= 11 is 0. The van der Waals surface area contributed by atoms with E-state index in [2.05, 4.69) is 24.1 Å². The van der Waals surface area contributed by atoms with E-state index in [1.165, 1.54) is 12.8 Å². The van der Waals surface area contributed by atoms with Crippen LogP contribution in [-0.4, -0.2) is 11.5 Å². The van der Waals surface area contributed by atoms with Crippen LogP contribution in [0.15, 0.2) is 18.3 Å². The Morgan fingerprint density at radius 1 is 1.50 bits per heavy atom. The van der Waals surface area contributed by atoms with Gasteiger partial charge in [-0.05, 0) is 30.9 Å². The lowest BCUT2D eigenvalue weighted by Gasteiger charge is -2.08. The average molecular weight is 193 g/mol. The number of nitrogens with one attached hydrogen (secondary N) is 1. The minimum absolute atomic E-state index is 0.581. The first-order chi connectivity index (χ1) is 6.70. The predicted molar refractivity (Wildman–Crippen MR) is 61.2 cm³/mol. The van der Waals surface area contributed by atoms with Crippen LogP contribution in [0.25, 0.3) is 0 Å². The molecular formula is C11H19N3. The van der Waals surface area contributed by atoms with Crippen LogP contribution in [0.3, 0.4) is 0 Å². The van der Waals surface area contributed by atoms with Crippen LogP contribution in [0.4, 0.5) is 11.5 Å². The molecular weight excluding hydrogens is 174 g/mol. The maximum Gasteiger partial charge on any atom is 0.146 e. The summed E-state index contributed by atoms with van der Waals surface area (Å²) in [4.78, 5) is 4.01. The number of anilines is 2. The predicted octanol–water partition coefficient (Wildman–Crippen LogP) is 2.51. The fourth-order valence-corrected chi connectivity index (χ4v) is 1.30. The molecule has 3 heteroatoms. The van der Waals surface area contributed by atoms with Gasteiger partial charge in [-0.3, -0.25) is 0 Å². The van der Waals surface area contributed by atoms with Crippen molar-refractivity contribution >= 4 is 11.5 Å². The monoisotopic (exact) mass is 193 g/mol. The van der Waals surface area contributed by atoms with E-state index in [1.807, 2.05) is 12.1 Å². The molecule has 0 atom stereocenters. The number of pyridine rings is 1. The maximum atomic E-state index is 5.69. The molecule has 0 amide bonds. The summed E-state index contributed by atoms with van der Waals surface area (Å²) in [6.07, 6.45) is 4.12. The van der Waals surface area contributed by atoms with Gasteiger partial charge in [-0.15, -0.1) is 0 Å². The summed E-state index contributed by atoms with van der Waals surface area (Å²) in [5, 5.41) is 3.28. The molecule has 0 bridgehead atoms. The second kappa shape index (κ2) is 5.47. The highest BCUT2D eigenvalue weighted by atomic mass is 14.9. The number of hydrogen-bond acceptors (Lipinski definition) is 3. The first kappa shape index (κ1) is 10.8. The number of nitrogens with two attached hydrogens (primary N) is 1. The van der Waals surface area contributed by atoms with E-state index < -0.39 is 0 Å². The van der Waals surface area contributed by atoms with Crippen molar-refractivity contribution in [3.8, 4) is 0 Å². The van der Waals surface area contributed by atoms with Gasteiger partial charge in [0.15, 0.2) is 0 Å². The Morgan fingerprint density at radius 2 is 2.29 bits per heavy atom. The third-order valence-corrected chi connectivity index (χ3v) is 2.11. The van der Waals surface area contributed by atoms with E-state index in [0.29, 0.717) is 5.82 Å². The minimum atomic E-state index is 0.581. The van der Waals surface area contributed by atoms with Crippen molar-refractivity contribution in [2.75, 3.05) is 17.6 Å². The van der Waals surface area contributed by atoms with E-state index in [4.69, 9.17) is 5.73 Å². The maximum absolute atomic E-state index is 5.69. The van der Waals surface area contributed by atoms with Crippen molar-refractivity contribution in [3.63, 3.8) is 0 Å². The molecule has 0 radical (unpaired) electrons. The molecule has 1 aromatic rings. The smallest absolute Gasteiger partial charge is 0.146 e. The summed E-state index contributed by atoms with van der Waals surface area (Å²) < 4.78 is 0. The van der Waals surface area contributed by atoms with Crippen LogP contribution in [-0.2, 0) is 0 Å². The van der Waals surface area contributed by atoms with Crippen LogP contribution in [0.1, 0.15) is 26.7 Å². The van der Waals surface area contributed by atoms with Crippen LogP contribution < -0.4 is 11.1 Å². The zero-order valence-electron chi connectivity index (χ0n) is 8.96. The highest BCUT2D eigenvalue weighted by molar-refractivity contribution is 5.60. The quantitative estimate of drug-likeness (QED) is 0.706. The molecule has 0 aliphatic rings. The number of rotatable bonds is 5. The van der Waals surface area contributed by atoms with E-state index in [1.54, 1.807) is 6.20 Å². The molecule has 1 aromatic heterocycles. The van der Waals surface area contributed by atoms with Gasteiger partial charge in [0.1, 0.15) is 5.82 Å². The number of nitrogen functional groups attached to an aromatic ring is 1. The van der Waals surface area contributed by atoms with Gasteiger partial charge in [-0.25, -0.2) is 4.98 Å². The van der Waals surface area contributed by atoms with Gasteiger partial charge in [-0.2, -0.15) is 0 Å². The largest absolute Gasteiger partial charge is 0.382 e. The fourth-order valence-electron chi connectivity index (χ4n) is 1.30. The van der Waals surface area contributed by atoms with Gasteiger partial charge in [0.05, 0.1) is 5.69 Å². The molecule has 0 aromatic carbocycles. The normalized spacial score (nSPS) is 10.5. The molecule has 78 valence electrons. The Balaban J connectivity index is 2.28. The van der Waals surface area contributed by atoms with Gasteiger partial charge in [0.25, 0.3) is 0 Å². The Kier molecular flexibility index (Phi) is 4.23. The first-order valence-corrected chi connectivity index (χ1v) is 5.14. The molecule has 0 fully saturated rings. The molecule has 3 N–H and O–H groups in total. The van der Waals surface area contributed by atoms with Crippen LogP contribution in [0.5, 0.6) is 0 Å². The van der Waals surface area contributed by atoms with Crippen LogP contribution >= 0.6 is 0 Å². The summed E-state index contributed by atoms with van der Waals surface area (Å²) in [5.74, 6) is 1.35. The summed E-state index contributed by atoms with van der Waals surface area (Å²) in [7, 11) is 0. The summed E-state index contributed by atoms with van der Waals surface area (Å²) in [6.45, 7) is 5.44. The zero-order valence-corrected chi connectivity index (χ0v) is 8.96. The molecule has 0 saturated heterocycles. The van der Waals surface area contributed by atoms with Crippen molar-refractivity contribution in [2.45, 2.75) is 26.7 Å². The lowest BCUT2D eigenvalue weighted by atomic mass is 10.1. The van der Waals surface area contributed by atoms with Crippen LogP contribution in [0, 0.1) is 5.92 Å². The van der Waals surface area contributed by atoms with Crippen molar-refractivity contribution in [2.24, 2.45) is 5.92 Å². The van der Waals surface area contributed by atoms with Crippen molar-refractivity contribution in [1.82, 2.24) is 4.98 Å². The number of hydrogen-bond donors (Lipinski definition) is 2. The zero-order chi connectivity index (χ0) is 10.4. The number of nitrogens with zero attached hydrogens (tertiary/aromatic N) is 1. The van der Waals surface area contributed by atoms with E-state index >= 15 is 0 Å². The topological polar surface area (TPSA) is 50.9 Å². The Labute approximate surface area is 85.7 Å². The molecule has 0 aliphatic heterocycles. The van der Waals surface area contributed by atoms with Gasteiger partial charge >= 0.3 is 0 Å². The SMILES string of the molecule is CC(C)CCCNc1cccnc1N. The van der Waals surface area contributed by atoms with Crippen molar-refractivity contribution < 1.29 is 0 Å². The molecule has 3 nitrogen and oxygen atoms in total. The summed E-state index contributed by atoms with van der Waals surface area (Å²) in [6, 6.07) is 3.85. The lowest BCUT2D eigenvalue weighted by molar-refractivity contribution is 0.567. The lowest BCUT2D eigenvalue weighted by Crippen LogP contribution is -2.06. The van der Waals surface area contributed by atoms with Gasteiger partial charge in [0, 0.05) is 12.7 Å². The Morgan fingerprint density at radius 3 is 2.93 bits per heavy atom. The third-order valence-electron chi connectivity index (χ3n) is 2.11. The van der Waals surface area contributed by atoms with E-state index in [0.717, 1.165) is 18.2 Å². The summed E-state index contributed by atoms with van der Waals surface area (Å²) in [5.41, 5.74) is 6.63. The minimum Gasteiger partial charge on any atom is -0.382 e. The van der Waals surface area contributed by atoms with Crippen molar-refractivity contribution in [1.29, 1.82) is 0 Å². The highest BCUT2D eigenvalue weighted by Gasteiger charge is 1.98. The van der Waals surface area contributed by atoms with E-state index in [9.17, 15) is 0 Å². The fraction of sp³-hybridized carbons (Fsp3) is 0.545. The Hall–Kier alpha value is -1.25. The number of aromatic nitrogens is 1. The van der Waals surface area contributed by atoms with Crippen LogP contribution in [0.2, 0.25) is 0 Å². The van der Waals surface area contributed by atoms with E-state index in [-0.39, 0.29) is 0 Å². The highest BCUT2D eigenvalue weighted by Crippen LogP contribution is 2.13. The standard InChI is InChI=1S/C11H19N3/c1-9(2)5-3-7-13-10-6-4-8-14-11(10)12/h4,6,8-9,13H,3,5,7H2,1-2H3,(H2,12,14). The third kappa shape index (κ3) is 3.64. The van der Waals surface area contributed by atoms with Gasteiger partial charge in [0.2, 0.25) is 0 Å². The molecule has 0 unspecified atom stereocenters. The molecule has 0 saturated carbocycles. The first-order valence-electron chi connectivity index (χ1n) is 5.14. The van der Waals surface area contributed by atoms with Gasteiger partial charge in [-0.1, -0.05) is 13.8 Å². The van der Waals surface area contributed by atoms with Crippen molar-refractivity contribution in [3.05, 3.63) is 18.3 Å². The molecule has 14 heavy (non-hydrogen) atoms. The second-order valence-electron chi connectivity index (χ2n) is 3.90. The second-order valence-corrected chi connectivity index (χ2v) is 3.90. The average Bonchev–Trinajstić information content (AvgIpc) is 2.15. The molecule has 1 rings (SSSR count). The van der Waals surface area contributed by atoms with Gasteiger partial charge < -0.3 is 11.1 Å².